The Morgan fingerprint density at radius 1 is 0.422 bits per heavy atom. The average Bonchev–Trinajstić information content (AvgIpc) is 1.60. The normalized spacial score (nSPS) is 23.2. The minimum Gasteiger partial charge on any atom is -0.489 e. The van der Waals surface area contributed by atoms with Crippen LogP contribution >= 0.6 is 0 Å². The second-order valence-corrected chi connectivity index (χ2v) is 25.8. The van der Waals surface area contributed by atoms with E-state index in [2.05, 4.69) is 35.7 Å². The third kappa shape index (κ3) is 15.9. The second kappa shape index (κ2) is 31.3. The number of ether oxygens (including phenoxy) is 6. The third-order valence-electron chi connectivity index (χ3n) is 18.7. The van der Waals surface area contributed by atoms with Crippen molar-refractivity contribution in [1.82, 2.24) is 45.3 Å². The van der Waals surface area contributed by atoms with Gasteiger partial charge >= 0.3 is 0 Å². The van der Waals surface area contributed by atoms with Crippen LogP contribution in [0.2, 0.25) is 0 Å². The number of fused-ring (bicyclic) bond motifs is 3. The molecule has 0 aliphatic carbocycles. The molecule has 0 spiro atoms. The molecule has 0 radical (unpaired) electrons. The number of amides is 9. The lowest BCUT2D eigenvalue weighted by molar-refractivity contribution is -0.144. The van der Waals surface area contributed by atoms with Gasteiger partial charge in [-0.1, -0.05) is 111 Å². The van der Waals surface area contributed by atoms with E-state index >= 15 is 0 Å². The van der Waals surface area contributed by atoms with Crippen LogP contribution in [-0.4, -0.2) is 160 Å². The highest BCUT2D eigenvalue weighted by Gasteiger charge is 2.43. The number of hydrogen-bond acceptors (Lipinski definition) is 15. The minimum absolute atomic E-state index is 0.00439. The first-order valence-corrected chi connectivity index (χ1v) is 33.8. The summed E-state index contributed by atoms with van der Waals surface area (Å²) in [5.74, 6) is -1.81. The molecule has 6 saturated heterocycles. The monoisotopic (exact) mass is 1390 g/mol. The molecule has 5 atom stereocenters. The Morgan fingerprint density at radius 3 is 1.20 bits per heavy atom. The standard InChI is InChI=1S/3C26H27N3O5/c3*1-17-5-10-22(25(31)27-17)29-14-21-20(26(29)32)3-2-4-23(21)34-15-19-8-6-18(7-9-19)13-28-11-12-33-16-24(28)30/h3*2-4,6-9,22H,1,5,10-16H2,(H,27,31)/i3D,14D;2D,14D;14D2. The molecule has 9 heterocycles. The Kier molecular flexibility index (Phi) is 19.1. The molecule has 9 amide bonds. The van der Waals surface area contributed by atoms with E-state index in [1.54, 1.807) is 39.0 Å². The van der Waals surface area contributed by atoms with Crippen molar-refractivity contribution in [3.63, 3.8) is 0 Å². The van der Waals surface area contributed by atoms with Crippen LogP contribution in [0.1, 0.15) is 128 Å². The third-order valence-corrected chi connectivity index (χ3v) is 18.7. The molecule has 5 unspecified atom stereocenters. The summed E-state index contributed by atoms with van der Waals surface area (Å²) in [6.07, 6.45) is 2.62. The molecule has 102 heavy (non-hydrogen) atoms. The number of benzene rings is 6. The number of carbonyl (C=O) groups is 9. The number of allylic oxidation sites excluding steroid dienone is 3. The summed E-state index contributed by atoms with van der Waals surface area (Å²) in [6.45, 7) is 12.6. The van der Waals surface area contributed by atoms with Gasteiger partial charge in [-0.2, -0.15) is 0 Å². The Morgan fingerprint density at radius 2 is 0.775 bits per heavy atom. The van der Waals surface area contributed by atoms with Gasteiger partial charge in [0, 0.05) is 89.7 Å². The van der Waals surface area contributed by atoms with Crippen LogP contribution in [0.15, 0.2) is 164 Å². The van der Waals surface area contributed by atoms with Crippen molar-refractivity contribution in [3.05, 3.63) is 231 Å². The maximum absolute atomic E-state index is 13.2. The van der Waals surface area contributed by atoms with Crippen molar-refractivity contribution in [2.75, 3.05) is 59.3 Å². The molecule has 9 aliphatic heterocycles. The summed E-state index contributed by atoms with van der Waals surface area (Å²) in [6, 6.07) is 31.5. The number of morpholine rings is 3. The van der Waals surface area contributed by atoms with Gasteiger partial charge in [-0.25, -0.2) is 0 Å². The minimum atomic E-state index is -2.21. The molecule has 6 aromatic carbocycles. The maximum Gasteiger partial charge on any atom is 0.255 e. The first-order chi connectivity index (χ1) is 51.9. The van der Waals surface area contributed by atoms with Gasteiger partial charge in [-0.3, -0.25) is 43.2 Å². The Hall–Kier alpha value is -11.0. The zero-order chi connectivity index (χ0) is 76.2. The van der Waals surface area contributed by atoms with Gasteiger partial charge in [0.1, 0.15) is 75.0 Å². The highest BCUT2D eigenvalue weighted by Crippen LogP contribution is 2.38. The smallest absolute Gasteiger partial charge is 0.255 e. The Labute approximate surface area is 599 Å². The van der Waals surface area contributed by atoms with Crippen molar-refractivity contribution in [3.8, 4) is 17.2 Å². The molecule has 6 aromatic rings. The van der Waals surface area contributed by atoms with E-state index in [1.165, 1.54) is 28.0 Å². The van der Waals surface area contributed by atoms with E-state index in [1.807, 2.05) is 72.8 Å². The Balaban J connectivity index is 0.000000143. The fourth-order valence-corrected chi connectivity index (χ4v) is 13.0. The zero-order valence-electron chi connectivity index (χ0n) is 62.1. The first kappa shape index (κ1) is 62.1. The van der Waals surface area contributed by atoms with Crippen LogP contribution in [0.25, 0.3) is 0 Å². The Bertz CT molecular complexity index is 4600. The molecule has 15 rings (SSSR count). The molecular weight excluding hydrogens is 1300 g/mol. The van der Waals surface area contributed by atoms with Crippen LogP contribution in [0.5, 0.6) is 17.2 Å². The van der Waals surface area contributed by atoms with E-state index in [0.717, 1.165) is 38.3 Å². The van der Waals surface area contributed by atoms with E-state index in [4.69, 9.17) is 36.6 Å². The predicted molar refractivity (Wildman–Crippen MR) is 371 cm³/mol. The quantitative estimate of drug-likeness (QED) is 0.0774. The lowest BCUT2D eigenvalue weighted by Gasteiger charge is -2.31. The van der Waals surface area contributed by atoms with Gasteiger partial charge in [0.25, 0.3) is 17.7 Å². The van der Waals surface area contributed by atoms with Crippen molar-refractivity contribution in [2.24, 2.45) is 0 Å². The van der Waals surface area contributed by atoms with E-state index in [-0.39, 0.29) is 115 Å². The number of nitrogens with one attached hydrogen (secondary N) is 3. The second-order valence-electron chi connectivity index (χ2n) is 25.8. The molecule has 6 fully saturated rings. The van der Waals surface area contributed by atoms with Gasteiger partial charge in [0.05, 0.1) is 47.6 Å². The van der Waals surface area contributed by atoms with Crippen LogP contribution in [0.4, 0.5) is 0 Å². The number of rotatable bonds is 18. The lowest BCUT2D eigenvalue weighted by atomic mass is 10.0. The molecule has 24 nitrogen and oxygen atoms in total. The summed E-state index contributed by atoms with van der Waals surface area (Å²) in [5.41, 5.74) is 8.67. The van der Waals surface area contributed by atoms with E-state index in [9.17, 15) is 43.2 Å². The molecule has 3 N–H and O–H groups in total. The molecular formula is C78H81N9O15. The predicted octanol–water partition coefficient (Wildman–Crippen LogP) is 7.12. The first-order valence-electron chi connectivity index (χ1n) is 37.0. The fraction of sp³-hybridized carbons (Fsp3) is 0.346. The summed E-state index contributed by atoms with van der Waals surface area (Å²) in [5, 5.41) is 7.97. The summed E-state index contributed by atoms with van der Waals surface area (Å²) in [4.78, 5) is 122. The van der Waals surface area contributed by atoms with Gasteiger partial charge in [0.2, 0.25) is 35.4 Å². The summed E-state index contributed by atoms with van der Waals surface area (Å²) >= 11 is 0. The van der Waals surface area contributed by atoms with Crippen LogP contribution in [0, 0.1) is 0 Å². The molecule has 0 saturated carbocycles. The zero-order valence-corrected chi connectivity index (χ0v) is 56.1. The van der Waals surface area contributed by atoms with Crippen LogP contribution < -0.4 is 30.2 Å². The maximum atomic E-state index is 13.2. The van der Waals surface area contributed by atoms with Gasteiger partial charge in [-0.15, -0.1) is 0 Å². The fourth-order valence-electron chi connectivity index (χ4n) is 13.0. The molecule has 0 aromatic heterocycles. The number of piperidine rings is 3. The van der Waals surface area contributed by atoms with Crippen molar-refractivity contribution >= 4 is 53.2 Å². The summed E-state index contributed by atoms with van der Waals surface area (Å²) < 4.78 is 85.0. The van der Waals surface area contributed by atoms with Gasteiger partial charge < -0.3 is 73.8 Å². The van der Waals surface area contributed by atoms with Crippen molar-refractivity contribution in [2.45, 2.75) is 116 Å². The number of hydrogen-bond donors (Lipinski definition) is 3. The molecule has 9 aliphatic rings. The number of nitrogens with zero attached hydrogens (tertiary/aromatic N) is 6. The SMILES string of the molecule is [2H]C1([2H])c2c(OCc3ccc(CN4CCOCC4=O)cc3)cccc2C(=O)N1C1CCC(=C)NC1=O.[2H]c1cc(OCc2ccc(CN3CCOCC3=O)cc2)c2c(c1)C(=O)N(C1CCC(=C)NC1=O)C2[2H].[2H]c1ccc(OCc2ccc(CN3CCOCC3=O)cc2)c2c1C(=O)N(C1CCC(=C)NC1=O)C2[2H]. The largest absolute Gasteiger partial charge is 0.489 e. The van der Waals surface area contributed by atoms with Gasteiger partial charge in [-0.05, 0) is 108 Å². The van der Waals surface area contributed by atoms with E-state index < -0.39 is 61.3 Å². The van der Waals surface area contributed by atoms with E-state index in [0.29, 0.717) is 132 Å². The highest BCUT2D eigenvalue weighted by atomic mass is 16.5. The van der Waals surface area contributed by atoms with Crippen LogP contribution in [-0.2, 0) is 102 Å². The highest BCUT2D eigenvalue weighted by molar-refractivity contribution is 6.04. The topological polar surface area (TPSA) is 265 Å². The molecule has 24 heteroatoms. The lowest BCUT2D eigenvalue weighted by Crippen LogP contribution is -2.49. The van der Waals surface area contributed by atoms with Crippen LogP contribution in [0.3, 0.4) is 0 Å². The van der Waals surface area contributed by atoms with Crippen molar-refractivity contribution < 1.29 is 79.8 Å². The van der Waals surface area contributed by atoms with Gasteiger partial charge in [0.15, 0.2) is 0 Å². The molecule has 528 valence electrons. The average molecular weight is 1390 g/mol. The molecule has 0 bridgehead atoms. The summed E-state index contributed by atoms with van der Waals surface area (Å²) in [7, 11) is 0. The number of carbonyl (C=O) groups excluding carboxylic acids is 9. The van der Waals surface area contributed by atoms with Crippen molar-refractivity contribution in [1.29, 1.82) is 0 Å².